The highest BCUT2D eigenvalue weighted by Gasteiger charge is 2.06. The Morgan fingerprint density at radius 2 is 1.96 bits per heavy atom. The number of hydrogen-bond donors (Lipinski definition) is 2. The molecule has 3 rings (SSSR count). The monoisotopic (exact) mass is 311 g/mol. The van der Waals surface area contributed by atoms with Gasteiger partial charge in [-0.25, -0.2) is 9.37 Å². The minimum atomic E-state index is -0.573. The molecular weight excluding hydrogens is 297 g/mol. The van der Waals surface area contributed by atoms with Crippen LogP contribution in [0.1, 0.15) is 5.56 Å². The average molecular weight is 311 g/mol. The molecule has 0 aliphatic carbocycles. The van der Waals surface area contributed by atoms with Crippen molar-refractivity contribution in [3.63, 3.8) is 0 Å². The molecule has 0 aliphatic rings. The molecule has 23 heavy (non-hydrogen) atoms. The zero-order valence-corrected chi connectivity index (χ0v) is 12.1. The summed E-state index contributed by atoms with van der Waals surface area (Å²) in [4.78, 5) is 11.4. The van der Waals surface area contributed by atoms with Crippen molar-refractivity contribution in [3.05, 3.63) is 66.4 Å². The number of nitrogen functional groups attached to an aromatic ring is 1. The van der Waals surface area contributed by atoms with E-state index in [4.69, 9.17) is 10.5 Å². The summed E-state index contributed by atoms with van der Waals surface area (Å²) in [7, 11) is 0. The minimum absolute atomic E-state index is 0.00493. The molecule has 0 spiro atoms. The second kappa shape index (κ2) is 6.69. The number of ether oxygens (including phenoxy) is 1. The van der Waals surface area contributed by atoms with E-state index in [1.807, 2.05) is 12.1 Å². The highest BCUT2D eigenvalue weighted by atomic mass is 19.1. The molecule has 0 aliphatic heterocycles. The van der Waals surface area contributed by atoms with Crippen LogP contribution >= 0.6 is 0 Å². The summed E-state index contributed by atoms with van der Waals surface area (Å²) in [5.74, 6) is 0.157. The quantitative estimate of drug-likeness (QED) is 0.753. The molecule has 0 saturated heterocycles. The van der Waals surface area contributed by atoms with Gasteiger partial charge < -0.3 is 15.8 Å². The van der Waals surface area contributed by atoms with E-state index in [1.165, 1.54) is 0 Å². The molecule has 0 fully saturated rings. The summed E-state index contributed by atoms with van der Waals surface area (Å²) in [6, 6.07) is 10.9. The first-order valence-corrected chi connectivity index (χ1v) is 6.87. The summed E-state index contributed by atoms with van der Waals surface area (Å²) in [6.45, 7) is 0.428. The van der Waals surface area contributed by atoms with Gasteiger partial charge in [-0.05, 0) is 30.3 Å². The number of benzene rings is 1. The van der Waals surface area contributed by atoms with Gasteiger partial charge in [0.15, 0.2) is 11.6 Å². The first-order chi connectivity index (χ1) is 11.2. The fourth-order valence-electron chi connectivity index (χ4n) is 1.89. The van der Waals surface area contributed by atoms with Crippen molar-refractivity contribution < 1.29 is 9.13 Å². The molecule has 116 valence electrons. The predicted octanol–water partition coefficient (Wildman–Crippen LogP) is 2.92. The fourth-order valence-corrected chi connectivity index (χ4v) is 1.89. The minimum Gasteiger partial charge on any atom is -0.489 e. The third-order valence-corrected chi connectivity index (χ3v) is 3.01. The van der Waals surface area contributed by atoms with Crippen LogP contribution in [-0.2, 0) is 6.61 Å². The van der Waals surface area contributed by atoms with E-state index in [1.54, 1.807) is 36.7 Å². The topological polar surface area (TPSA) is 86.0 Å². The molecule has 6 nitrogen and oxygen atoms in total. The van der Waals surface area contributed by atoms with Crippen LogP contribution in [0, 0.1) is 5.82 Å². The normalized spacial score (nSPS) is 10.3. The van der Waals surface area contributed by atoms with Gasteiger partial charge in [0, 0.05) is 23.6 Å². The van der Waals surface area contributed by atoms with Crippen LogP contribution in [0.5, 0.6) is 5.75 Å². The standard InChI is InChI=1S/C16H14FN5O/c17-14-9-20-16(18)22-15(14)21-12-3-5-13(6-4-12)23-10-11-2-1-7-19-8-11/h1-9H,10H2,(H3,18,20,21,22). The van der Waals surface area contributed by atoms with Gasteiger partial charge in [0.25, 0.3) is 0 Å². The van der Waals surface area contributed by atoms with E-state index in [0.717, 1.165) is 11.8 Å². The third-order valence-electron chi connectivity index (χ3n) is 3.01. The third kappa shape index (κ3) is 3.91. The van der Waals surface area contributed by atoms with Crippen molar-refractivity contribution in [1.82, 2.24) is 15.0 Å². The molecular formula is C16H14FN5O. The van der Waals surface area contributed by atoms with Crippen molar-refractivity contribution >= 4 is 17.5 Å². The van der Waals surface area contributed by atoms with Gasteiger partial charge in [0.1, 0.15) is 12.4 Å². The Morgan fingerprint density at radius 3 is 2.70 bits per heavy atom. The lowest BCUT2D eigenvalue weighted by Gasteiger charge is -2.09. The largest absolute Gasteiger partial charge is 0.489 e. The second-order valence-electron chi connectivity index (χ2n) is 4.72. The molecule has 1 aromatic carbocycles. The van der Waals surface area contributed by atoms with Crippen molar-refractivity contribution in [2.24, 2.45) is 0 Å². The molecule has 2 heterocycles. The molecule has 2 aromatic heterocycles. The van der Waals surface area contributed by atoms with Crippen molar-refractivity contribution in [2.45, 2.75) is 6.61 Å². The first-order valence-electron chi connectivity index (χ1n) is 6.87. The van der Waals surface area contributed by atoms with Crippen LogP contribution in [0.3, 0.4) is 0 Å². The highest BCUT2D eigenvalue weighted by Crippen LogP contribution is 2.21. The van der Waals surface area contributed by atoms with E-state index in [2.05, 4.69) is 20.3 Å². The van der Waals surface area contributed by atoms with E-state index < -0.39 is 5.82 Å². The average Bonchev–Trinajstić information content (AvgIpc) is 2.58. The van der Waals surface area contributed by atoms with E-state index in [-0.39, 0.29) is 11.8 Å². The van der Waals surface area contributed by atoms with E-state index >= 15 is 0 Å². The van der Waals surface area contributed by atoms with Gasteiger partial charge in [-0.2, -0.15) is 4.98 Å². The van der Waals surface area contributed by atoms with Crippen LogP contribution < -0.4 is 15.8 Å². The highest BCUT2D eigenvalue weighted by molar-refractivity contribution is 5.58. The smallest absolute Gasteiger partial charge is 0.222 e. The Bertz CT molecular complexity index is 780. The number of hydrogen-bond acceptors (Lipinski definition) is 6. The van der Waals surface area contributed by atoms with Crippen LogP contribution in [-0.4, -0.2) is 15.0 Å². The maximum absolute atomic E-state index is 13.6. The molecule has 0 bridgehead atoms. The van der Waals surface area contributed by atoms with Crippen LogP contribution in [0.4, 0.5) is 21.8 Å². The fraction of sp³-hybridized carbons (Fsp3) is 0.0625. The number of nitrogens with two attached hydrogens (primary N) is 1. The second-order valence-corrected chi connectivity index (χ2v) is 4.72. The Balaban J connectivity index is 1.64. The molecule has 3 aromatic rings. The number of nitrogens with zero attached hydrogens (tertiary/aromatic N) is 3. The van der Waals surface area contributed by atoms with Crippen LogP contribution in [0.15, 0.2) is 55.0 Å². The summed E-state index contributed by atoms with van der Waals surface area (Å²) in [5, 5.41) is 2.84. The summed E-state index contributed by atoms with van der Waals surface area (Å²) < 4.78 is 19.2. The van der Waals surface area contributed by atoms with Crippen LogP contribution in [0.2, 0.25) is 0 Å². The van der Waals surface area contributed by atoms with Crippen LogP contribution in [0.25, 0.3) is 0 Å². The maximum atomic E-state index is 13.6. The molecule has 3 N–H and O–H groups in total. The van der Waals surface area contributed by atoms with Gasteiger partial charge >= 0.3 is 0 Å². The number of rotatable bonds is 5. The lowest BCUT2D eigenvalue weighted by Crippen LogP contribution is -2.02. The predicted molar refractivity (Wildman–Crippen MR) is 84.7 cm³/mol. The SMILES string of the molecule is Nc1ncc(F)c(Nc2ccc(OCc3cccnc3)cc2)n1. The molecule has 0 saturated carbocycles. The number of aromatic nitrogens is 3. The Labute approximate surface area is 132 Å². The van der Waals surface area contributed by atoms with Crippen molar-refractivity contribution in [1.29, 1.82) is 0 Å². The number of pyridine rings is 1. The number of anilines is 3. The first kappa shape index (κ1) is 14.7. The zero-order chi connectivity index (χ0) is 16.1. The zero-order valence-electron chi connectivity index (χ0n) is 12.1. The Kier molecular flexibility index (Phi) is 4.28. The van der Waals surface area contributed by atoms with Gasteiger partial charge in [-0.1, -0.05) is 6.07 Å². The van der Waals surface area contributed by atoms with Crippen molar-refractivity contribution in [2.75, 3.05) is 11.1 Å². The number of halogens is 1. The Hall–Kier alpha value is -3.22. The molecule has 7 heteroatoms. The van der Waals surface area contributed by atoms with Gasteiger partial charge in [0.2, 0.25) is 5.95 Å². The molecule has 0 amide bonds. The van der Waals surface area contributed by atoms with E-state index in [0.29, 0.717) is 18.0 Å². The number of nitrogens with one attached hydrogen (secondary N) is 1. The molecule has 0 atom stereocenters. The maximum Gasteiger partial charge on any atom is 0.222 e. The van der Waals surface area contributed by atoms with Crippen molar-refractivity contribution in [3.8, 4) is 5.75 Å². The Morgan fingerprint density at radius 1 is 1.13 bits per heavy atom. The summed E-state index contributed by atoms with van der Waals surface area (Å²) in [6.07, 6.45) is 4.48. The van der Waals surface area contributed by atoms with E-state index in [9.17, 15) is 4.39 Å². The van der Waals surface area contributed by atoms with Gasteiger partial charge in [-0.15, -0.1) is 0 Å². The molecule has 0 radical (unpaired) electrons. The van der Waals surface area contributed by atoms with Gasteiger partial charge in [0.05, 0.1) is 6.20 Å². The van der Waals surface area contributed by atoms with Gasteiger partial charge in [-0.3, -0.25) is 4.98 Å². The lowest BCUT2D eigenvalue weighted by molar-refractivity contribution is 0.306. The summed E-state index contributed by atoms with van der Waals surface area (Å²) in [5.41, 5.74) is 7.09. The lowest BCUT2D eigenvalue weighted by atomic mass is 10.3. The summed E-state index contributed by atoms with van der Waals surface area (Å²) >= 11 is 0. The molecule has 0 unspecified atom stereocenters.